The third kappa shape index (κ3) is 6.75. The molecule has 31 heavy (non-hydrogen) atoms. The zero-order valence-electron chi connectivity index (χ0n) is 17.5. The van der Waals surface area contributed by atoms with Crippen molar-refractivity contribution in [3.63, 3.8) is 0 Å². The van der Waals surface area contributed by atoms with Crippen LogP contribution < -0.4 is 10.6 Å². The number of Topliss-reactive ketones (excluding diaryl/α,β-unsaturated/α-hetero) is 1. The van der Waals surface area contributed by atoms with E-state index in [1.807, 2.05) is 24.3 Å². The summed E-state index contributed by atoms with van der Waals surface area (Å²) in [5.74, 6) is -2.62. The van der Waals surface area contributed by atoms with Gasteiger partial charge in [-0.2, -0.15) is 0 Å². The number of nitrogens with zero attached hydrogens (tertiary/aromatic N) is 1. The number of hydrogen-bond donors (Lipinski definition) is 5. The van der Waals surface area contributed by atoms with E-state index < -0.39 is 29.7 Å². The molecular formula is C21H27N5O5. The molecule has 2 rings (SSSR count). The Hall–Kier alpha value is -3.53. The van der Waals surface area contributed by atoms with Gasteiger partial charge in [0.25, 0.3) is 0 Å². The average molecular weight is 429 g/mol. The fraction of sp³-hybridized carbons (Fsp3) is 0.381. The minimum absolute atomic E-state index is 0.0997. The molecule has 0 bridgehead atoms. The normalized spacial score (nSPS) is 12.7. The predicted molar refractivity (Wildman–Crippen MR) is 115 cm³/mol. The zero-order valence-corrected chi connectivity index (χ0v) is 17.5. The number of amides is 2. The van der Waals surface area contributed by atoms with Crippen molar-refractivity contribution in [3.05, 3.63) is 36.0 Å². The van der Waals surface area contributed by atoms with Crippen LogP contribution in [0.2, 0.25) is 0 Å². The maximum atomic E-state index is 12.9. The molecule has 2 atom stereocenters. The molecule has 0 radical (unpaired) electrons. The average Bonchev–Trinajstić information content (AvgIpc) is 3.15. The first-order chi connectivity index (χ1) is 14.7. The second-order valence-electron chi connectivity index (χ2n) is 7.33. The second-order valence-corrected chi connectivity index (χ2v) is 7.33. The third-order valence-electron chi connectivity index (χ3n) is 4.87. The quantitative estimate of drug-likeness (QED) is 0.306. The van der Waals surface area contributed by atoms with Crippen LogP contribution in [-0.4, -0.2) is 77.5 Å². The molecule has 0 unspecified atom stereocenters. The summed E-state index contributed by atoms with van der Waals surface area (Å²) in [5.41, 5.74) is 1.74. The molecule has 1 heterocycles. The SMILES string of the molecule is CN(C)C(=O)CN[C@@H](Cc1c[nH]c2ccccc12)C(=O)N[C@@H](CCC(=O)C=N)C(=O)O. The molecule has 1 aromatic heterocycles. The van der Waals surface area contributed by atoms with E-state index in [1.54, 1.807) is 20.3 Å². The minimum Gasteiger partial charge on any atom is -0.480 e. The Kier molecular flexibility index (Phi) is 8.44. The lowest BCUT2D eigenvalue weighted by Gasteiger charge is -2.22. The molecule has 0 fully saturated rings. The number of rotatable bonds is 12. The number of aromatic amines is 1. The molecule has 0 spiro atoms. The van der Waals surface area contributed by atoms with Crippen LogP contribution in [0.25, 0.3) is 10.9 Å². The number of hydrogen-bond acceptors (Lipinski definition) is 6. The molecule has 0 aliphatic rings. The molecule has 0 aliphatic carbocycles. The number of ketones is 1. The number of likely N-dealkylation sites (N-methyl/N-ethyl adjacent to an activating group) is 1. The molecule has 5 N–H and O–H groups in total. The first kappa shape index (κ1) is 23.7. The van der Waals surface area contributed by atoms with Gasteiger partial charge in [-0.05, 0) is 24.5 Å². The molecular weight excluding hydrogens is 402 g/mol. The van der Waals surface area contributed by atoms with E-state index in [4.69, 9.17) is 5.41 Å². The van der Waals surface area contributed by atoms with Crippen molar-refractivity contribution in [1.82, 2.24) is 20.5 Å². The molecule has 0 saturated heterocycles. The van der Waals surface area contributed by atoms with Gasteiger partial charge in [0.15, 0.2) is 5.78 Å². The van der Waals surface area contributed by atoms with E-state index in [-0.39, 0.29) is 31.7 Å². The van der Waals surface area contributed by atoms with Crippen molar-refractivity contribution in [2.24, 2.45) is 0 Å². The number of carboxylic acids is 1. The Morgan fingerprint density at radius 3 is 2.55 bits per heavy atom. The van der Waals surface area contributed by atoms with E-state index >= 15 is 0 Å². The Morgan fingerprint density at radius 2 is 1.90 bits per heavy atom. The van der Waals surface area contributed by atoms with Gasteiger partial charge in [-0.15, -0.1) is 0 Å². The Morgan fingerprint density at radius 1 is 1.19 bits per heavy atom. The molecule has 2 aromatic rings. The Labute approximate surface area is 179 Å². The van der Waals surface area contributed by atoms with Gasteiger partial charge in [-0.3, -0.25) is 19.7 Å². The summed E-state index contributed by atoms with van der Waals surface area (Å²) in [4.78, 5) is 52.3. The van der Waals surface area contributed by atoms with Gasteiger partial charge in [-0.1, -0.05) is 18.2 Å². The van der Waals surface area contributed by atoms with Gasteiger partial charge in [-0.25, -0.2) is 4.79 Å². The number of nitrogens with one attached hydrogen (secondary N) is 4. The lowest BCUT2D eigenvalue weighted by molar-refractivity contribution is -0.142. The van der Waals surface area contributed by atoms with Gasteiger partial charge in [0, 0.05) is 37.6 Å². The third-order valence-corrected chi connectivity index (χ3v) is 4.87. The first-order valence-electron chi connectivity index (χ1n) is 9.78. The number of aromatic nitrogens is 1. The van der Waals surface area contributed by atoms with Crippen LogP contribution in [0.1, 0.15) is 18.4 Å². The maximum absolute atomic E-state index is 12.9. The predicted octanol–water partition coefficient (Wildman–Crippen LogP) is 0.325. The van der Waals surface area contributed by atoms with Crippen LogP contribution in [0.5, 0.6) is 0 Å². The van der Waals surface area contributed by atoms with E-state index in [1.165, 1.54) is 4.90 Å². The van der Waals surface area contributed by atoms with Crippen molar-refractivity contribution < 1.29 is 24.3 Å². The standard InChI is InChI=1S/C21H27N5O5/c1-26(2)19(28)12-24-18(9-13-11-23-16-6-4-3-5-15(13)16)20(29)25-17(21(30)31)8-7-14(27)10-22/h3-6,10-11,17-18,22-24H,7-9,12H2,1-2H3,(H,25,29)(H,30,31)/t17-,18-/m0/s1. The van der Waals surface area contributed by atoms with Gasteiger partial charge >= 0.3 is 5.97 Å². The van der Waals surface area contributed by atoms with Crippen LogP contribution in [0, 0.1) is 5.41 Å². The highest BCUT2D eigenvalue weighted by Crippen LogP contribution is 2.19. The molecule has 10 heteroatoms. The van der Waals surface area contributed by atoms with Gasteiger partial charge in [0.1, 0.15) is 6.04 Å². The molecule has 1 aromatic carbocycles. The van der Waals surface area contributed by atoms with Crippen molar-refractivity contribution >= 4 is 40.7 Å². The number of H-pyrrole nitrogens is 1. The highest BCUT2D eigenvalue weighted by molar-refractivity contribution is 6.26. The van der Waals surface area contributed by atoms with Crippen molar-refractivity contribution in [1.29, 1.82) is 5.41 Å². The number of para-hydroxylation sites is 1. The maximum Gasteiger partial charge on any atom is 0.326 e. The largest absolute Gasteiger partial charge is 0.480 e. The van der Waals surface area contributed by atoms with Crippen LogP contribution in [0.3, 0.4) is 0 Å². The topological polar surface area (TPSA) is 155 Å². The lowest BCUT2D eigenvalue weighted by Crippen LogP contribution is -2.52. The van der Waals surface area contributed by atoms with Crippen molar-refractivity contribution in [2.75, 3.05) is 20.6 Å². The summed E-state index contributed by atoms with van der Waals surface area (Å²) in [5, 5.41) is 22.6. The summed E-state index contributed by atoms with van der Waals surface area (Å²) < 4.78 is 0. The lowest BCUT2D eigenvalue weighted by atomic mass is 10.0. The highest BCUT2D eigenvalue weighted by atomic mass is 16.4. The van der Waals surface area contributed by atoms with Gasteiger partial charge in [0.05, 0.1) is 18.8 Å². The monoisotopic (exact) mass is 429 g/mol. The number of carbonyl (C=O) groups excluding carboxylic acids is 3. The summed E-state index contributed by atoms with van der Waals surface area (Å²) in [7, 11) is 3.19. The molecule has 0 aliphatic heterocycles. The Bertz CT molecular complexity index is 968. The molecule has 2 amide bonds. The fourth-order valence-electron chi connectivity index (χ4n) is 3.04. The summed E-state index contributed by atoms with van der Waals surface area (Å²) in [6, 6.07) is 5.41. The molecule has 0 saturated carbocycles. The van der Waals surface area contributed by atoms with Crippen LogP contribution >= 0.6 is 0 Å². The number of benzene rings is 1. The van der Waals surface area contributed by atoms with Gasteiger partial charge < -0.3 is 25.7 Å². The van der Waals surface area contributed by atoms with E-state index in [9.17, 15) is 24.3 Å². The van der Waals surface area contributed by atoms with Crippen molar-refractivity contribution in [2.45, 2.75) is 31.3 Å². The molecule has 10 nitrogen and oxygen atoms in total. The summed E-state index contributed by atoms with van der Waals surface area (Å²) in [6.07, 6.45) is 2.32. The first-order valence-corrected chi connectivity index (χ1v) is 9.78. The smallest absolute Gasteiger partial charge is 0.326 e. The van der Waals surface area contributed by atoms with Crippen molar-refractivity contribution in [3.8, 4) is 0 Å². The number of carbonyl (C=O) groups is 4. The summed E-state index contributed by atoms with van der Waals surface area (Å²) in [6.45, 7) is -0.0997. The zero-order chi connectivity index (χ0) is 23.0. The van der Waals surface area contributed by atoms with Crippen LogP contribution in [0.15, 0.2) is 30.5 Å². The number of carboxylic acid groups (broad SMARTS) is 1. The fourth-order valence-corrected chi connectivity index (χ4v) is 3.04. The number of aliphatic carboxylic acids is 1. The van der Waals surface area contributed by atoms with E-state index in [0.29, 0.717) is 6.21 Å². The van der Waals surface area contributed by atoms with E-state index in [2.05, 4.69) is 15.6 Å². The number of fused-ring (bicyclic) bond motifs is 1. The highest BCUT2D eigenvalue weighted by Gasteiger charge is 2.27. The van der Waals surface area contributed by atoms with Crippen LogP contribution in [-0.2, 0) is 25.6 Å². The van der Waals surface area contributed by atoms with Gasteiger partial charge in [0.2, 0.25) is 11.8 Å². The summed E-state index contributed by atoms with van der Waals surface area (Å²) >= 11 is 0. The minimum atomic E-state index is -1.28. The Balaban J connectivity index is 2.18. The molecule has 166 valence electrons. The second kappa shape index (κ2) is 11.0. The van der Waals surface area contributed by atoms with Crippen LogP contribution in [0.4, 0.5) is 0 Å². The van der Waals surface area contributed by atoms with E-state index in [0.717, 1.165) is 16.5 Å².